The van der Waals surface area contributed by atoms with Crippen molar-refractivity contribution in [1.82, 2.24) is 5.32 Å². The third-order valence-corrected chi connectivity index (χ3v) is 3.39. The molecule has 96 valence electrons. The minimum absolute atomic E-state index is 0.0206. The Balaban J connectivity index is 2.85. The van der Waals surface area contributed by atoms with Crippen molar-refractivity contribution in [1.29, 1.82) is 0 Å². The lowest BCUT2D eigenvalue weighted by Crippen LogP contribution is -2.38. The van der Waals surface area contributed by atoms with Gasteiger partial charge in [-0.3, -0.25) is 0 Å². The van der Waals surface area contributed by atoms with Gasteiger partial charge in [0.1, 0.15) is 0 Å². The zero-order valence-electron chi connectivity index (χ0n) is 10.4. The quantitative estimate of drug-likeness (QED) is 0.857. The van der Waals surface area contributed by atoms with Gasteiger partial charge < -0.3 is 10.4 Å². The van der Waals surface area contributed by atoms with E-state index < -0.39 is 6.10 Å². The summed E-state index contributed by atoms with van der Waals surface area (Å²) in [6, 6.07) is 5.59. The van der Waals surface area contributed by atoms with Gasteiger partial charge in [0.2, 0.25) is 0 Å². The van der Waals surface area contributed by atoms with Crippen LogP contribution in [0.5, 0.6) is 0 Å². The molecule has 4 heteroatoms. The van der Waals surface area contributed by atoms with Gasteiger partial charge in [0.05, 0.1) is 16.1 Å². The molecule has 0 spiro atoms. The normalized spacial score (nSPS) is 15.0. The largest absolute Gasteiger partial charge is 0.387 e. The summed E-state index contributed by atoms with van der Waals surface area (Å²) in [7, 11) is 0. The lowest BCUT2D eigenvalue weighted by molar-refractivity contribution is 0.121. The molecule has 0 aromatic heterocycles. The number of aliphatic hydroxyl groups is 1. The fourth-order valence-corrected chi connectivity index (χ4v) is 2.10. The van der Waals surface area contributed by atoms with Crippen molar-refractivity contribution in [2.45, 2.75) is 45.4 Å². The first kappa shape index (κ1) is 14.8. The Morgan fingerprint density at radius 2 is 1.88 bits per heavy atom. The summed E-state index contributed by atoms with van der Waals surface area (Å²) >= 11 is 11.8. The van der Waals surface area contributed by atoms with Gasteiger partial charge in [-0.25, -0.2) is 0 Å². The summed E-state index contributed by atoms with van der Waals surface area (Å²) < 4.78 is 0. The zero-order chi connectivity index (χ0) is 13.0. The molecular weight excluding hydrogens is 257 g/mol. The highest BCUT2D eigenvalue weighted by Crippen LogP contribution is 2.27. The molecule has 1 rings (SSSR count). The number of nitrogens with one attached hydrogen (secondary N) is 1. The molecule has 0 amide bonds. The second-order valence-electron chi connectivity index (χ2n) is 4.45. The van der Waals surface area contributed by atoms with Crippen LogP contribution in [0.25, 0.3) is 0 Å². The van der Waals surface area contributed by atoms with Crippen molar-refractivity contribution in [3.05, 3.63) is 33.8 Å². The van der Waals surface area contributed by atoms with Gasteiger partial charge in [0.15, 0.2) is 0 Å². The molecule has 0 radical (unpaired) electrons. The average molecular weight is 276 g/mol. The van der Waals surface area contributed by atoms with Crippen molar-refractivity contribution in [3.8, 4) is 0 Å². The van der Waals surface area contributed by atoms with E-state index in [2.05, 4.69) is 19.2 Å². The van der Waals surface area contributed by atoms with Gasteiger partial charge >= 0.3 is 0 Å². The highest BCUT2D eigenvalue weighted by molar-refractivity contribution is 6.42. The summed E-state index contributed by atoms with van der Waals surface area (Å²) in [5.74, 6) is 0. The average Bonchev–Trinajstić information content (AvgIpc) is 2.28. The van der Waals surface area contributed by atoms with E-state index in [4.69, 9.17) is 23.2 Å². The van der Waals surface area contributed by atoms with E-state index in [0.29, 0.717) is 16.1 Å². The third kappa shape index (κ3) is 4.14. The molecule has 2 N–H and O–H groups in total. The van der Waals surface area contributed by atoms with Gasteiger partial charge in [0, 0.05) is 12.1 Å². The summed E-state index contributed by atoms with van der Waals surface area (Å²) in [6.07, 6.45) is 0.275. The van der Waals surface area contributed by atoms with Gasteiger partial charge in [-0.05, 0) is 24.1 Å². The van der Waals surface area contributed by atoms with Gasteiger partial charge in [-0.1, -0.05) is 50.0 Å². The minimum Gasteiger partial charge on any atom is -0.387 e. The highest BCUT2D eigenvalue weighted by atomic mass is 35.5. The predicted octanol–water partition coefficient (Wildman–Crippen LogP) is 3.80. The lowest BCUT2D eigenvalue weighted by atomic mass is 10.00. The molecule has 0 aliphatic rings. The number of rotatable bonds is 5. The van der Waals surface area contributed by atoms with E-state index in [1.807, 2.05) is 13.0 Å². The van der Waals surface area contributed by atoms with Crippen molar-refractivity contribution in [2.24, 2.45) is 0 Å². The van der Waals surface area contributed by atoms with Crippen LogP contribution in [-0.4, -0.2) is 17.2 Å². The maximum absolute atomic E-state index is 10.3. The fourth-order valence-electron chi connectivity index (χ4n) is 1.79. The van der Waals surface area contributed by atoms with Crippen molar-refractivity contribution < 1.29 is 5.11 Å². The first-order valence-corrected chi connectivity index (χ1v) is 6.60. The smallest absolute Gasteiger partial charge is 0.0943 e. The molecule has 2 atom stereocenters. The number of halogens is 2. The van der Waals surface area contributed by atoms with Crippen LogP contribution >= 0.6 is 23.2 Å². The summed E-state index contributed by atoms with van der Waals surface area (Å²) in [6.45, 7) is 6.16. The van der Waals surface area contributed by atoms with Crippen LogP contribution in [0.4, 0.5) is 0 Å². The molecule has 1 aromatic carbocycles. The Morgan fingerprint density at radius 3 is 2.35 bits per heavy atom. The van der Waals surface area contributed by atoms with Crippen molar-refractivity contribution in [3.63, 3.8) is 0 Å². The second kappa shape index (κ2) is 6.60. The molecule has 2 nitrogen and oxygen atoms in total. The fraction of sp³-hybridized carbons (Fsp3) is 0.538. The van der Waals surface area contributed by atoms with Crippen LogP contribution in [0.2, 0.25) is 10.0 Å². The van der Waals surface area contributed by atoms with Crippen LogP contribution in [0.1, 0.15) is 38.9 Å². The molecule has 17 heavy (non-hydrogen) atoms. The van der Waals surface area contributed by atoms with E-state index in [1.54, 1.807) is 12.1 Å². The summed E-state index contributed by atoms with van der Waals surface area (Å²) in [5, 5.41) is 14.6. The van der Waals surface area contributed by atoms with Crippen molar-refractivity contribution in [2.75, 3.05) is 0 Å². The van der Waals surface area contributed by atoms with Gasteiger partial charge in [-0.15, -0.1) is 0 Å². The van der Waals surface area contributed by atoms with E-state index in [-0.39, 0.29) is 6.04 Å². The number of aliphatic hydroxyl groups excluding tert-OH is 1. The molecule has 0 aliphatic heterocycles. The minimum atomic E-state index is -0.572. The van der Waals surface area contributed by atoms with E-state index in [9.17, 15) is 5.11 Å². The molecule has 0 heterocycles. The van der Waals surface area contributed by atoms with Crippen LogP contribution in [-0.2, 0) is 0 Å². The molecule has 0 aliphatic carbocycles. The first-order chi connectivity index (χ1) is 7.95. The Hall–Kier alpha value is -0.280. The highest BCUT2D eigenvalue weighted by Gasteiger charge is 2.20. The standard InChI is InChI=1S/C13H19Cl2NO/c1-4-12(16-8(2)3)13(17)9-5-6-10(14)11(15)7-9/h5-8,12-13,16-17H,4H2,1-3H3. The molecule has 0 saturated carbocycles. The van der Waals surface area contributed by atoms with E-state index >= 15 is 0 Å². The predicted molar refractivity (Wildman–Crippen MR) is 73.8 cm³/mol. The maximum Gasteiger partial charge on any atom is 0.0943 e. The van der Waals surface area contributed by atoms with E-state index in [0.717, 1.165) is 12.0 Å². The Morgan fingerprint density at radius 1 is 1.24 bits per heavy atom. The number of hydrogen-bond donors (Lipinski definition) is 2. The van der Waals surface area contributed by atoms with Gasteiger partial charge in [-0.2, -0.15) is 0 Å². The number of hydrogen-bond acceptors (Lipinski definition) is 2. The Bertz CT molecular complexity index is 368. The van der Waals surface area contributed by atoms with Crippen molar-refractivity contribution >= 4 is 23.2 Å². The van der Waals surface area contributed by atoms with E-state index in [1.165, 1.54) is 0 Å². The Kier molecular flexibility index (Phi) is 5.74. The van der Waals surface area contributed by atoms with Crippen LogP contribution in [0, 0.1) is 0 Å². The summed E-state index contributed by atoms with van der Waals surface area (Å²) in [4.78, 5) is 0. The van der Waals surface area contributed by atoms with Crippen LogP contribution < -0.4 is 5.32 Å². The van der Waals surface area contributed by atoms with Crippen LogP contribution in [0.15, 0.2) is 18.2 Å². The molecule has 0 saturated heterocycles. The lowest BCUT2D eigenvalue weighted by Gasteiger charge is -2.25. The topological polar surface area (TPSA) is 32.3 Å². The van der Waals surface area contributed by atoms with Gasteiger partial charge in [0.25, 0.3) is 0 Å². The monoisotopic (exact) mass is 275 g/mol. The SMILES string of the molecule is CCC(NC(C)C)C(O)c1ccc(Cl)c(Cl)c1. The zero-order valence-corrected chi connectivity index (χ0v) is 11.9. The summed E-state index contributed by atoms with van der Waals surface area (Å²) in [5.41, 5.74) is 0.791. The molecule has 0 fully saturated rings. The molecule has 2 unspecified atom stereocenters. The molecular formula is C13H19Cl2NO. The second-order valence-corrected chi connectivity index (χ2v) is 5.27. The first-order valence-electron chi connectivity index (χ1n) is 5.84. The Labute approximate surface area is 113 Å². The molecule has 1 aromatic rings. The third-order valence-electron chi connectivity index (χ3n) is 2.65. The number of benzene rings is 1. The van der Waals surface area contributed by atoms with Crippen LogP contribution in [0.3, 0.4) is 0 Å². The molecule has 0 bridgehead atoms. The maximum atomic E-state index is 10.3.